The fourth-order valence-electron chi connectivity index (χ4n) is 3.72. The van der Waals surface area contributed by atoms with Crippen molar-refractivity contribution in [2.75, 3.05) is 6.54 Å². The van der Waals surface area contributed by atoms with Crippen molar-refractivity contribution in [3.05, 3.63) is 76.9 Å². The standard InChI is InChI=1S/C21H23N/c1-14(2)17-6-4-5-7-18(17)20-12-19(21-13-22(20)21)16-10-8-15(3)9-11-16/h4-12,14,20-21H,13H2,1-3H3. The van der Waals surface area contributed by atoms with Crippen molar-refractivity contribution in [2.24, 2.45) is 0 Å². The first-order chi connectivity index (χ1) is 10.6. The molecule has 1 nitrogen and oxygen atoms in total. The molecule has 22 heavy (non-hydrogen) atoms. The van der Waals surface area contributed by atoms with Crippen LogP contribution in [-0.2, 0) is 0 Å². The van der Waals surface area contributed by atoms with E-state index in [2.05, 4.69) is 80.3 Å². The Morgan fingerprint density at radius 2 is 1.73 bits per heavy atom. The lowest BCUT2D eigenvalue weighted by molar-refractivity contribution is 0.482. The lowest BCUT2D eigenvalue weighted by Gasteiger charge is -2.18. The second-order valence-electron chi connectivity index (χ2n) is 6.93. The van der Waals surface area contributed by atoms with Crippen LogP contribution in [0.4, 0.5) is 0 Å². The van der Waals surface area contributed by atoms with Crippen LogP contribution in [0.25, 0.3) is 5.57 Å². The molecule has 2 aromatic carbocycles. The summed E-state index contributed by atoms with van der Waals surface area (Å²) in [7, 11) is 0. The maximum atomic E-state index is 2.61. The highest BCUT2D eigenvalue weighted by Crippen LogP contribution is 2.49. The summed E-state index contributed by atoms with van der Waals surface area (Å²) in [5.74, 6) is 0.575. The van der Waals surface area contributed by atoms with Crippen molar-refractivity contribution in [3.63, 3.8) is 0 Å². The van der Waals surface area contributed by atoms with Gasteiger partial charge in [-0.2, -0.15) is 0 Å². The normalized spacial score (nSPS) is 26.0. The first-order valence-corrected chi connectivity index (χ1v) is 8.28. The topological polar surface area (TPSA) is 3.01 Å². The third-order valence-electron chi connectivity index (χ3n) is 5.03. The number of benzene rings is 2. The maximum Gasteiger partial charge on any atom is 0.0548 e. The summed E-state index contributed by atoms with van der Waals surface area (Å²) in [6.45, 7) is 7.94. The summed E-state index contributed by atoms with van der Waals surface area (Å²) >= 11 is 0. The molecule has 3 atom stereocenters. The molecule has 0 amide bonds. The number of fused-ring (bicyclic) bond motifs is 1. The van der Waals surface area contributed by atoms with Crippen LogP contribution in [0.15, 0.2) is 54.6 Å². The first-order valence-electron chi connectivity index (χ1n) is 8.28. The zero-order valence-electron chi connectivity index (χ0n) is 13.6. The van der Waals surface area contributed by atoms with E-state index in [1.807, 2.05) is 0 Å². The molecule has 0 radical (unpaired) electrons. The third-order valence-corrected chi connectivity index (χ3v) is 5.03. The van der Waals surface area contributed by atoms with Crippen LogP contribution < -0.4 is 0 Å². The van der Waals surface area contributed by atoms with E-state index in [0.29, 0.717) is 18.0 Å². The summed E-state index contributed by atoms with van der Waals surface area (Å²) in [5.41, 5.74) is 7.21. The van der Waals surface area contributed by atoms with E-state index >= 15 is 0 Å². The van der Waals surface area contributed by atoms with E-state index in [1.54, 1.807) is 0 Å². The molecule has 1 heteroatoms. The van der Waals surface area contributed by atoms with Crippen molar-refractivity contribution in [1.82, 2.24) is 4.90 Å². The Bertz CT molecular complexity index is 724. The fraction of sp³-hybridized carbons (Fsp3) is 0.333. The Kier molecular flexibility index (Phi) is 3.19. The lowest BCUT2D eigenvalue weighted by Crippen LogP contribution is -2.08. The molecule has 0 aliphatic carbocycles. The van der Waals surface area contributed by atoms with Gasteiger partial charge in [0.15, 0.2) is 0 Å². The fourth-order valence-corrected chi connectivity index (χ4v) is 3.72. The zero-order valence-corrected chi connectivity index (χ0v) is 13.6. The van der Waals surface area contributed by atoms with Gasteiger partial charge in [-0.05, 0) is 35.1 Å². The van der Waals surface area contributed by atoms with Gasteiger partial charge in [0.05, 0.1) is 6.04 Å². The molecule has 0 bridgehead atoms. The Morgan fingerprint density at radius 1 is 1.00 bits per heavy atom. The van der Waals surface area contributed by atoms with Crippen molar-refractivity contribution in [2.45, 2.75) is 38.8 Å². The van der Waals surface area contributed by atoms with Gasteiger partial charge in [-0.3, -0.25) is 4.90 Å². The molecule has 0 N–H and O–H groups in total. The lowest BCUT2D eigenvalue weighted by atomic mass is 9.91. The summed E-state index contributed by atoms with van der Waals surface area (Å²) in [5, 5.41) is 0. The summed E-state index contributed by atoms with van der Waals surface area (Å²) in [6, 6.07) is 19.0. The molecule has 0 saturated carbocycles. The van der Waals surface area contributed by atoms with Crippen LogP contribution in [-0.4, -0.2) is 17.5 Å². The molecular formula is C21H23N. The second-order valence-corrected chi connectivity index (χ2v) is 6.93. The predicted molar refractivity (Wildman–Crippen MR) is 92.9 cm³/mol. The number of rotatable bonds is 3. The second kappa shape index (κ2) is 5.10. The molecule has 4 rings (SSSR count). The van der Waals surface area contributed by atoms with Crippen LogP contribution in [0.3, 0.4) is 0 Å². The largest absolute Gasteiger partial charge is 0.283 e. The molecule has 2 aromatic rings. The van der Waals surface area contributed by atoms with E-state index in [9.17, 15) is 0 Å². The van der Waals surface area contributed by atoms with Crippen molar-refractivity contribution in [3.8, 4) is 0 Å². The maximum absolute atomic E-state index is 2.61. The average Bonchev–Trinajstić information content (AvgIpc) is 3.22. The highest BCUT2D eigenvalue weighted by molar-refractivity contribution is 5.76. The van der Waals surface area contributed by atoms with Gasteiger partial charge in [0.2, 0.25) is 0 Å². The molecule has 1 saturated heterocycles. The molecule has 2 aliphatic rings. The zero-order chi connectivity index (χ0) is 15.3. The quantitative estimate of drug-likeness (QED) is 0.723. The molecule has 2 heterocycles. The van der Waals surface area contributed by atoms with Crippen LogP contribution in [0.2, 0.25) is 0 Å². The SMILES string of the molecule is Cc1ccc(C2=CC(c3ccccc3C(C)C)N3CC23)cc1. The number of hydrogen-bond acceptors (Lipinski definition) is 1. The van der Waals surface area contributed by atoms with E-state index in [1.165, 1.54) is 34.4 Å². The van der Waals surface area contributed by atoms with Gasteiger partial charge < -0.3 is 0 Å². The number of nitrogens with zero attached hydrogens (tertiary/aromatic N) is 1. The van der Waals surface area contributed by atoms with Gasteiger partial charge in [-0.25, -0.2) is 0 Å². The monoisotopic (exact) mass is 289 g/mol. The summed E-state index contributed by atoms with van der Waals surface area (Å²) in [6.07, 6.45) is 2.49. The highest BCUT2D eigenvalue weighted by Gasteiger charge is 2.47. The minimum absolute atomic E-state index is 0.458. The van der Waals surface area contributed by atoms with Crippen LogP contribution >= 0.6 is 0 Å². The predicted octanol–water partition coefficient (Wildman–Crippen LogP) is 4.94. The first kappa shape index (κ1) is 13.8. The Balaban J connectivity index is 1.72. The number of aryl methyl sites for hydroxylation is 1. The molecular weight excluding hydrogens is 266 g/mol. The molecule has 2 aliphatic heterocycles. The van der Waals surface area contributed by atoms with E-state index < -0.39 is 0 Å². The van der Waals surface area contributed by atoms with Gasteiger partial charge in [0.1, 0.15) is 0 Å². The summed E-state index contributed by atoms with van der Waals surface area (Å²) < 4.78 is 0. The molecule has 1 fully saturated rings. The Hall–Kier alpha value is -1.86. The number of hydrogen-bond donors (Lipinski definition) is 0. The molecule has 3 unspecified atom stereocenters. The molecule has 112 valence electrons. The van der Waals surface area contributed by atoms with E-state index in [-0.39, 0.29) is 0 Å². The van der Waals surface area contributed by atoms with Crippen LogP contribution in [0.5, 0.6) is 0 Å². The van der Waals surface area contributed by atoms with Gasteiger partial charge >= 0.3 is 0 Å². The molecule has 0 spiro atoms. The van der Waals surface area contributed by atoms with Gasteiger partial charge in [0, 0.05) is 12.6 Å². The van der Waals surface area contributed by atoms with Gasteiger partial charge in [-0.15, -0.1) is 0 Å². The third kappa shape index (κ3) is 2.21. The van der Waals surface area contributed by atoms with E-state index in [4.69, 9.17) is 0 Å². The van der Waals surface area contributed by atoms with Gasteiger partial charge in [0.25, 0.3) is 0 Å². The van der Waals surface area contributed by atoms with Crippen LogP contribution in [0, 0.1) is 6.92 Å². The Labute approximate surface area is 133 Å². The molecule has 0 aromatic heterocycles. The Morgan fingerprint density at radius 3 is 2.45 bits per heavy atom. The summed E-state index contributed by atoms with van der Waals surface area (Å²) in [4.78, 5) is 2.61. The minimum Gasteiger partial charge on any atom is -0.283 e. The minimum atomic E-state index is 0.458. The average molecular weight is 289 g/mol. The van der Waals surface area contributed by atoms with Crippen LogP contribution in [0.1, 0.15) is 48.1 Å². The highest BCUT2D eigenvalue weighted by atomic mass is 15.3. The smallest absolute Gasteiger partial charge is 0.0548 e. The van der Waals surface area contributed by atoms with Gasteiger partial charge in [-0.1, -0.05) is 74.0 Å². The van der Waals surface area contributed by atoms with Crippen molar-refractivity contribution >= 4 is 5.57 Å². The van der Waals surface area contributed by atoms with Crippen molar-refractivity contribution < 1.29 is 0 Å². The van der Waals surface area contributed by atoms with Crippen molar-refractivity contribution in [1.29, 1.82) is 0 Å². The van der Waals surface area contributed by atoms with E-state index in [0.717, 1.165) is 0 Å².